The van der Waals surface area contributed by atoms with Crippen molar-refractivity contribution in [2.24, 2.45) is 0 Å². The average molecular weight is 206 g/mol. The number of rotatable bonds is 8. The van der Waals surface area contributed by atoms with E-state index in [-0.39, 0.29) is 0 Å². The van der Waals surface area contributed by atoms with Gasteiger partial charge in [0.05, 0.1) is 0 Å². The van der Waals surface area contributed by atoms with Crippen LogP contribution in [0.5, 0.6) is 0 Å². The first-order valence-corrected chi connectivity index (χ1v) is 15.8. The van der Waals surface area contributed by atoms with Crippen LogP contribution in [-0.2, 0) is 0 Å². The zero-order valence-electron chi connectivity index (χ0n) is 8.16. The lowest BCUT2D eigenvalue weighted by Gasteiger charge is -2.01. The summed E-state index contributed by atoms with van der Waals surface area (Å²) in [6.45, 7) is 4.79. The summed E-state index contributed by atoms with van der Waals surface area (Å²) in [5.41, 5.74) is 0. The lowest BCUT2D eigenvalue weighted by atomic mass is 10.3. The Morgan fingerprint density at radius 2 is 2.00 bits per heavy atom. The van der Waals surface area contributed by atoms with E-state index in [0.717, 1.165) is 0 Å². The summed E-state index contributed by atoms with van der Waals surface area (Å²) >= 11 is 0. The van der Waals surface area contributed by atoms with Crippen molar-refractivity contribution in [1.82, 2.24) is 5.32 Å². The Bertz CT molecular complexity index is 62.7. The molecule has 0 rings (SSSR count). The molecule has 0 aliphatic rings. The van der Waals surface area contributed by atoms with Crippen LogP contribution in [0.2, 0.25) is 6.04 Å². The molecule has 0 saturated carbocycles. The molecule has 0 saturated heterocycles. The molecule has 1 N–H and O–H groups in total. The van der Waals surface area contributed by atoms with Crippen molar-refractivity contribution < 1.29 is 0 Å². The van der Waals surface area contributed by atoms with Gasteiger partial charge in [-0.3, -0.25) is 0 Å². The minimum absolute atomic E-state index is 0.543. The highest BCUT2D eigenvalue weighted by molar-refractivity contribution is 7.23. The molecule has 1 nitrogen and oxygen atoms in total. The monoisotopic (exact) mass is 205 g/mol. The summed E-state index contributed by atoms with van der Waals surface area (Å²) in [6.07, 6.45) is 4.16. The zero-order valence-corrected chi connectivity index (χ0v) is 13.0. The van der Waals surface area contributed by atoms with E-state index < -0.39 is 0 Å². The molecule has 11 heavy (non-hydrogen) atoms. The van der Waals surface area contributed by atoms with Gasteiger partial charge in [-0.25, -0.2) is 0 Å². The normalized spacial score (nSPS) is 12.8. The van der Waals surface area contributed by atoms with Gasteiger partial charge in [0.1, 0.15) is 0 Å². The van der Waals surface area contributed by atoms with Crippen molar-refractivity contribution in [3.8, 4) is 0 Å². The summed E-state index contributed by atoms with van der Waals surface area (Å²) in [5.74, 6) is 0. The van der Waals surface area contributed by atoms with Crippen LogP contribution in [0.15, 0.2) is 0 Å². The van der Waals surface area contributed by atoms with Crippen LogP contribution in [0.3, 0.4) is 0 Å². The molecule has 0 aromatic heterocycles. The molecule has 0 amide bonds. The Morgan fingerprint density at radius 1 is 1.27 bits per heavy atom. The SMILES string of the molecule is CCCCNCCC[SiH2][SiH2][SiH3]. The molecule has 0 spiro atoms. The van der Waals surface area contributed by atoms with Gasteiger partial charge < -0.3 is 5.32 Å². The maximum atomic E-state index is 3.49. The Balaban J connectivity index is 2.69. The van der Waals surface area contributed by atoms with E-state index in [4.69, 9.17) is 0 Å². The van der Waals surface area contributed by atoms with Crippen molar-refractivity contribution in [3.63, 3.8) is 0 Å². The van der Waals surface area contributed by atoms with Gasteiger partial charge in [0, 0.05) is 9.04 Å². The van der Waals surface area contributed by atoms with E-state index in [1.165, 1.54) is 32.4 Å². The van der Waals surface area contributed by atoms with Gasteiger partial charge in [0.25, 0.3) is 0 Å². The van der Waals surface area contributed by atoms with Crippen LogP contribution in [0.1, 0.15) is 26.2 Å². The van der Waals surface area contributed by atoms with Gasteiger partial charge in [-0.05, 0) is 44.2 Å². The number of hydrogen-bond donors (Lipinski definition) is 1. The second kappa shape index (κ2) is 10.6. The second-order valence-corrected chi connectivity index (χ2v) is 19.7. The molecule has 4 heteroatoms. The van der Waals surface area contributed by atoms with E-state index >= 15 is 0 Å². The smallest absolute Gasteiger partial charge is 0.00466 e. The number of nitrogens with one attached hydrogen (secondary N) is 1. The minimum atomic E-state index is 0.543. The van der Waals surface area contributed by atoms with Crippen molar-refractivity contribution >= 4 is 27.4 Å². The molecule has 0 bridgehead atoms. The Hall–Kier alpha value is 0.611. The van der Waals surface area contributed by atoms with Crippen LogP contribution < -0.4 is 5.32 Å². The van der Waals surface area contributed by atoms with Gasteiger partial charge in [0.2, 0.25) is 0 Å². The van der Waals surface area contributed by atoms with Crippen LogP contribution in [0.4, 0.5) is 0 Å². The fourth-order valence-electron chi connectivity index (χ4n) is 1.10. The van der Waals surface area contributed by atoms with Crippen molar-refractivity contribution in [1.29, 1.82) is 0 Å². The summed E-state index contributed by atoms with van der Waals surface area (Å²) in [7, 11) is 2.75. The van der Waals surface area contributed by atoms with Crippen LogP contribution >= 0.6 is 0 Å². The maximum absolute atomic E-state index is 3.49. The van der Waals surface area contributed by atoms with Gasteiger partial charge in [0.15, 0.2) is 0 Å². The molecule has 0 aliphatic heterocycles. The van der Waals surface area contributed by atoms with E-state index in [1.807, 2.05) is 0 Å². The summed E-state index contributed by atoms with van der Waals surface area (Å²) in [5, 5.41) is 3.49. The Kier molecular flexibility index (Phi) is 11.2. The van der Waals surface area contributed by atoms with E-state index in [2.05, 4.69) is 12.2 Å². The molecule has 68 valence electrons. The third-order valence-corrected chi connectivity index (χ3v) is 13.6. The highest BCUT2D eigenvalue weighted by Gasteiger charge is 1.87. The molecular weight excluding hydrogens is 182 g/mol. The highest BCUT2D eigenvalue weighted by Crippen LogP contribution is 1.86. The molecule has 0 atom stereocenters. The molecule has 0 aromatic rings. The fourth-order valence-corrected chi connectivity index (χ4v) is 9.27. The molecule has 0 heterocycles. The Labute approximate surface area is 78.4 Å². The highest BCUT2D eigenvalue weighted by atomic mass is 29.5. The summed E-state index contributed by atoms with van der Waals surface area (Å²) in [4.78, 5) is 0. The molecule has 0 unspecified atom stereocenters. The standard InChI is InChI=1S/C7H23NSi3/c1-2-3-5-8-6-4-7-10-11-9/h8H,2-7,10-11H2,1,9H3. The average Bonchev–Trinajstić information content (AvgIpc) is 2.03. The van der Waals surface area contributed by atoms with Gasteiger partial charge in [-0.15, -0.1) is 0 Å². The maximum Gasteiger partial charge on any atom is 0.00466 e. The molecule has 0 radical (unpaired) electrons. The first-order valence-electron chi connectivity index (χ1n) is 5.12. The first-order chi connectivity index (χ1) is 5.41. The zero-order chi connectivity index (χ0) is 8.36. The van der Waals surface area contributed by atoms with Crippen LogP contribution in [-0.4, -0.2) is 40.4 Å². The molecule has 0 fully saturated rings. The second-order valence-electron chi connectivity index (χ2n) is 3.16. The predicted octanol–water partition coefficient (Wildman–Crippen LogP) is -1.28. The fraction of sp³-hybridized carbons (Fsp3) is 1.00. The van der Waals surface area contributed by atoms with Crippen molar-refractivity contribution in [3.05, 3.63) is 0 Å². The lowest BCUT2D eigenvalue weighted by molar-refractivity contribution is 0.632. The van der Waals surface area contributed by atoms with Crippen LogP contribution in [0.25, 0.3) is 0 Å². The first kappa shape index (κ1) is 11.6. The number of hydrogen-bond acceptors (Lipinski definition) is 1. The summed E-state index contributed by atoms with van der Waals surface area (Å²) in [6, 6.07) is 1.63. The third-order valence-electron chi connectivity index (χ3n) is 1.91. The minimum Gasteiger partial charge on any atom is -0.317 e. The summed E-state index contributed by atoms with van der Waals surface area (Å²) < 4.78 is 0. The van der Waals surface area contributed by atoms with Gasteiger partial charge in [-0.2, -0.15) is 0 Å². The van der Waals surface area contributed by atoms with Gasteiger partial charge >= 0.3 is 0 Å². The third kappa shape index (κ3) is 10.6. The van der Waals surface area contributed by atoms with E-state index in [1.54, 1.807) is 15.8 Å². The molecule has 0 aliphatic carbocycles. The lowest BCUT2D eigenvalue weighted by Crippen LogP contribution is -2.17. The van der Waals surface area contributed by atoms with Crippen molar-refractivity contribution in [2.75, 3.05) is 13.1 Å². The topological polar surface area (TPSA) is 12.0 Å². The Morgan fingerprint density at radius 3 is 2.64 bits per heavy atom. The molecular formula is C7H23NSi3. The van der Waals surface area contributed by atoms with Crippen LogP contribution in [0, 0.1) is 0 Å². The number of unbranched alkanes of at least 4 members (excludes halogenated alkanes) is 1. The van der Waals surface area contributed by atoms with E-state index in [0.29, 0.717) is 17.6 Å². The quantitative estimate of drug-likeness (QED) is 0.384. The molecule has 0 aromatic carbocycles. The van der Waals surface area contributed by atoms with Gasteiger partial charge in [-0.1, -0.05) is 19.4 Å². The largest absolute Gasteiger partial charge is 0.317 e. The predicted molar refractivity (Wildman–Crippen MR) is 64.2 cm³/mol. The van der Waals surface area contributed by atoms with E-state index in [9.17, 15) is 0 Å². The van der Waals surface area contributed by atoms with Crippen molar-refractivity contribution in [2.45, 2.75) is 32.2 Å².